The van der Waals surface area contributed by atoms with Gasteiger partial charge in [0.05, 0.1) is 11.6 Å². The Hall–Kier alpha value is -4.03. The van der Waals surface area contributed by atoms with Crippen LogP contribution in [0.15, 0.2) is 0 Å². The van der Waals surface area contributed by atoms with Gasteiger partial charge >= 0.3 is 0 Å². The molecular weight excluding hydrogens is 616 g/mol. The molecule has 0 unspecified atom stereocenters. The number of ketones is 2. The second-order valence-corrected chi connectivity index (χ2v) is 14.8. The number of hydrogen-bond acceptors (Lipinski definition) is 7. The van der Waals surface area contributed by atoms with E-state index in [1.54, 1.807) is 34.6 Å². The number of rotatable bonds is 14. The maximum atomic E-state index is 14.3. The fourth-order valence-electron chi connectivity index (χ4n) is 6.30. The Labute approximate surface area is 283 Å². The fraction of sp³-hybridized carbons (Fsp3) is 0.686. The van der Waals surface area contributed by atoms with E-state index >= 15 is 0 Å². The van der Waals surface area contributed by atoms with Gasteiger partial charge in [0.1, 0.15) is 23.8 Å². The zero-order chi connectivity index (χ0) is 36.2. The molecule has 2 fully saturated rings. The van der Waals surface area contributed by atoms with E-state index in [0.717, 1.165) is 12.8 Å². The van der Waals surface area contributed by atoms with E-state index in [9.17, 15) is 33.6 Å². The standard InChI is InChI=1S/C35H54N6O7/c1-11-12-24(28(43)33(47)38-22-13-14-22)39-32(46)27-23(17(2)3)15-16-41(27)34(48)29(35(8,9)10)40-30(44)20(6)37-31(45)26-25(21(7)42)18(4)19(5)36-26/h17,20,22-24,27,29,36H,11-16H2,1-10H3,(H,37,45)(H,38,47)(H,39,46)(H,40,44)/t20-,23+,24-,27-,29+/m0/s1. The summed E-state index contributed by atoms with van der Waals surface area (Å²) < 4.78 is 0. The highest BCUT2D eigenvalue weighted by molar-refractivity contribution is 6.38. The Morgan fingerprint density at radius 3 is 2.08 bits per heavy atom. The van der Waals surface area contributed by atoms with E-state index in [1.807, 2.05) is 20.8 Å². The van der Waals surface area contributed by atoms with Crippen LogP contribution in [0.4, 0.5) is 0 Å². The number of nitrogens with one attached hydrogen (secondary N) is 5. The molecule has 0 radical (unpaired) electrons. The molecule has 5 atom stereocenters. The molecule has 1 saturated heterocycles. The van der Waals surface area contributed by atoms with Crippen LogP contribution in [0.5, 0.6) is 0 Å². The van der Waals surface area contributed by atoms with E-state index < -0.39 is 64.9 Å². The quantitative estimate of drug-likeness (QED) is 0.149. The third-order valence-corrected chi connectivity index (χ3v) is 9.42. The number of carbonyl (C=O) groups excluding carboxylic acids is 7. The molecule has 1 aromatic rings. The summed E-state index contributed by atoms with van der Waals surface area (Å²) in [6, 6.07) is -4.08. The highest BCUT2D eigenvalue weighted by Gasteiger charge is 2.48. The number of amides is 5. The van der Waals surface area contributed by atoms with Crippen molar-refractivity contribution in [1.82, 2.24) is 31.2 Å². The first kappa shape index (κ1) is 38.4. The number of nitrogens with zero attached hydrogens (tertiary/aromatic N) is 1. The van der Waals surface area contributed by atoms with Crippen molar-refractivity contribution in [2.75, 3.05) is 6.54 Å². The molecule has 1 aliphatic heterocycles. The molecule has 5 N–H and O–H groups in total. The van der Waals surface area contributed by atoms with E-state index in [0.29, 0.717) is 24.1 Å². The lowest BCUT2D eigenvalue weighted by Crippen LogP contribution is -2.61. The predicted octanol–water partition coefficient (Wildman–Crippen LogP) is 2.49. The fourth-order valence-corrected chi connectivity index (χ4v) is 6.30. The van der Waals surface area contributed by atoms with Crippen LogP contribution in [0, 0.1) is 31.1 Å². The van der Waals surface area contributed by atoms with Gasteiger partial charge in [0.15, 0.2) is 5.78 Å². The van der Waals surface area contributed by atoms with Crippen molar-refractivity contribution in [3.63, 3.8) is 0 Å². The summed E-state index contributed by atoms with van der Waals surface area (Å²) >= 11 is 0. The minimum Gasteiger partial charge on any atom is -0.354 e. The number of aromatic amines is 1. The average Bonchev–Trinajstić information content (AvgIpc) is 3.59. The maximum Gasteiger partial charge on any atom is 0.289 e. The minimum absolute atomic E-state index is 0.00634. The summed E-state index contributed by atoms with van der Waals surface area (Å²) in [7, 11) is 0. The molecule has 0 aromatic carbocycles. The van der Waals surface area contributed by atoms with Gasteiger partial charge in [-0.2, -0.15) is 0 Å². The molecule has 1 aromatic heterocycles. The van der Waals surface area contributed by atoms with Gasteiger partial charge in [-0.3, -0.25) is 33.6 Å². The van der Waals surface area contributed by atoms with Crippen LogP contribution in [-0.4, -0.2) is 87.7 Å². The second-order valence-electron chi connectivity index (χ2n) is 14.8. The average molecular weight is 671 g/mol. The van der Waals surface area contributed by atoms with Gasteiger partial charge in [0.25, 0.3) is 11.8 Å². The number of carbonyl (C=O) groups is 7. The Morgan fingerprint density at radius 1 is 0.938 bits per heavy atom. The van der Waals surface area contributed by atoms with Gasteiger partial charge in [-0.25, -0.2) is 0 Å². The largest absolute Gasteiger partial charge is 0.354 e. The van der Waals surface area contributed by atoms with Crippen molar-refractivity contribution in [3.8, 4) is 0 Å². The second kappa shape index (κ2) is 15.5. The summed E-state index contributed by atoms with van der Waals surface area (Å²) in [6.07, 6.45) is 3.02. The SMILES string of the molecule is CCC[C@H](NC(=O)[C@@H]1[C@@H](C(C)C)CCN1C(=O)[C@@H](NC(=O)[C@H](C)NC(=O)c1[nH]c(C)c(C)c1C(C)=O)C(C)(C)C)C(=O)C(=O)NC1CC1. The van der Waals surface area contributed by atoms with E-state index in [4.69, 9.17) is 0 Å². The first-order valence-corrected chi connectivity index (χ1v) is 17.1. The summed E-state index contributed by atoms with van der Waals surface area (Å²) in [4.78, 5) is 97.1. The van der Waals surface area contributed by atoms with Crippen LogP contribution in [0.25, 0.3) is 0 Å². The lowest BCUT2D eigenvalue weighted by Gasteiger charge is -2.37. The number of aryl methyl sites for hydroxylation is 1. The van der Waals surface area contributed by atoms with Gasteiger partial charge < -0.3 is 31.2 Å². The van der Waals surface area contributed by atoms with Gasteiger partial charge in [-0.1, -0.05) is 48.0 Å². The van der Waals surface area contributed by atoms with Crippen molar-refractivity contribution < 1.29 is 33.6 Å². The molecule has 48 heavy (non-hydrogen) atoms. The van der Waals surface area contributed by atoms with Gasteiger partial charge in [0, 0.05) is 18.3 Å². The minimum atomic E-state index is -1.07. The van der Waals surface area contributed by atoms with Crippen LogP contribution in [0.3, 0.4) is 0 Å². The number of aromatic nitrogens is 1. The molecule has 1 saturated carbocycles. The van der Waals surface area contributed by atoms with E-state index in [2.05, 4.69) is 26.3 Å². The molecule has 0 bridgehead atoms. The van der Waals surface area contributed by atoms with Crippen molar-refractivity contribution in [2.45, 2.75) is 132 Å². The molecule has 1 aliphatic carbocycles. The lowest BCUT2D eigenvalue weighted by atomic mass is 9.84. The number of H-pyrrole nitrogens is 1. The monoisotopic (exact) mass is 670 g/mol. The Balaban J connectivity index is 1.81. The van der Waals surface area contributed by atoms with Crippen LogP contribution >= 0.6 is 0 Å². The summed E-state index contributed by atoms with van der Waals surface area (Å²) in [6.45, 7) is 17.8. The molecule has 5 amide bonds. The molecule has 0 spiro atoms. The number of likely N-dealkylation sites (tertiary alicyclic amines) is 1. The zero-order valence-corrected chi connectivity index (χ0v) is 30.1. The first-order chi connectivity index (χ1) is 22.3. The topological polar surface area (TPSA) is 187 Å². The Bertz CT molecular complexity index is 1440. The van der Waals surface area contributed by atoms with E-state index in [-0.39, 0.29) is 47.9 Å². The molecule has 266 valence electrons. The van der Waals surface area contributed by atoms with Crippen molar-refractivity contribution in [2.24, 2.45) is 17.3 Å². The van der Waals surface area contributed by atoms with Gasteiger partial charge in [0.2, 0.25) is 23.5 Å². The first-order valence-electron chi connectivity index (χ1n) is 17.1. The lowest BCUT2D eigenvalue weighted by molar-refractivity contribution is -0.146. The molecule has 2 heterocycles. The van der Waals surface area contributed by atoms with E-state index in [1.165, 1.54) is 18.7 Å². The predicted molar refractivity (Wildman–Crippen MR) is 180 cm³/mol. The molecule has 13 nitrogen and oxygen atoms in total. The van der Waals surface area contributed by atoms with Crippen molar-refractivity contribution >= 4 is 41.1 Å². The zero-order valence-electron chi connectivity index (χ0n) is 30.1. The van der Waals surface area contributed by atoms with Crippen LogP contribution in [0.2, 0.25) is 0 Å². The Kier molecular flexibility index (Phi) is 12.4. The highest BCUT2D eigenvalue weighted by Crippen LogP contribution is 2.33. The summed E-state index contributed by atoms with van der Waals surface area (Å²) in [5.41, 5.74) is 0.849. The van der Waals surface area contributed by atoms with Gasteiger partial charge in [-0.15, -0.1) is 0 Å². The van der Waals surface area contributed by atoms with Crippen LogP contribution in [-0.2, 0) is 24.0 Å². The third kappa shape index (κ3) is 8.90. The molecule has 3 rings (SSSR count). The van der Waals surface area contributed by atoms with Crippen molar-refractivity contribution in [3.05, 3.63) is 22.5 Å². The number of hydrogen-bond donors (Lipinski definition) is 5. The maximum absolute atomic E-state index is 14.3. The molecular formula is C35H54N6O7. The molecule has 13 heteroatoms. The molecule has 2 aliphatic rings. The smallest absolute Gasteiger partial charge is 0.289 e. The Morgan fingerprint density at radius 2 is 1.56 bits per heavy atom. The summed E-state index contributed by atoms with van der Waals surface area (Å²) in [5, 5.41) is 10.9. The number of Topliss-reactive ketones (excluding diaryl/α,β-unsaturated/α-hetero) is 2. The van der Waals surface area contributed by atoms with Crippen LogP contribution < -0.4 is 21.3 Å². The van der Waals surface area contributed by atoms with Crippen molar-refractivity contribution in [1.29, 1.82) is 0 Å². The summed E-state index contributed by atoms with van der Waals surface area (Å²) in [5.74, 6) is -4.11. The highest BCUT2D eigenvalue weighted by atomic mass is 16.2. The third-order valence-electron chi connectivity index (χ3n) is 9.42. The van der Waals surface area contributed by atoms with Crippen LogP contribution in [0.1, 0.15) is 120 Å². The normalized spacial score (nSPS) is 19.7. The van der Waals surface area contributed by atoms with Gasteiger partial charge in [-0.05, 0) is 76.2 Å².